The standard InChI is InChI=1S/C15H15N5O2/c21-14(8-16-15(22)9-20-10-17-18-19-20)13-6-5-11-3-1-2-4-12(11)7-13/h1-7,10,14,21H,8-9H2,(H,16,22). The maximum Gasteiger partial charge on any atom is 0.241 e. The number of benzene rings is 2. The van der Waals surface area contributed by atoms with E-state index in [0.717, 1.165) is 16.3 Å². The van der Waals surface area contributed by atoms with Crippen molar-refractivity contribution in [3.05, 3.63) is 54.4 Å². The summed E-state index contributed by atoms with van der Waals surface area (Å²) in [6, 6.07) is 13.7. The van der Waals surface area contributed by atoms with E-state index >= 15 is 0 Å². The molecule has 1 amide bonds. The van der Waals surface area contributed by atoms with Gasteiger partial charge in [0.25, 0.3) is 0 Å². The van der Waals surface area contributed by atoms with E-state index in [0.29, 0.717) is 0 Å². The first kappa shape index (κ1) is 14.2. The molecule has 0 spiro atoms. The molecule has 3 aromatic rings. The van der Waals surface area contributed by atoms with Gasteiger partial charge in [0.15, 0.2) is 0 Å². The second-order valence-corrected chi connectivity index (χ2v) is 4.93. The van der Waals surface area contributed by atoms with E-state index in [-0.39, 0.29) is 19.0 Å². The molecule has 2 N–H and O–H groups in total. The van der Waals surface area contributed by atoms with Gasteiger partial charge in [-0.25, -0.2) is 4.68 Å². The predicted molar refractivity (Wildman–Crippen MR) is 79.7 cm³/mol. The molecule has 0 saturated heterocycles. The maximum absolute atomic E-state index is 11.7. The largest absolute Gasteiger partial charge is 0.387 e. The number of hydrogen-bond donors (Lipinski definition) is 2. The number of aliphatic hydroxyl groups is 1. The first-order chi connectivity index (χ1) is 10.7. The van der Waals surface area contributed by atoms with Crippen LogP contribution in [0.3, 0.4) is 0 Å². The summed E-state index contributed by atoms with van der Waals surface area (Å²) in [6.07, 6.45) is 0.599. The molecule has 22 heavy (non-hydrogen) atoms. The number of nitrogens with zero attached hydrogens (tertiary/aromatic N) is 4. The zero-order chi connectivity index (χ0) is 15.4. The Labute approximate surface area is 126 Å². The maximum atomic E-state index is 11.7. The zero-order valence-corrected chi connectivity index (χ0v) is 11.8. The Kier molecular flexibility index (Phi) is 4.06. The SMILES string of the molecule is O=C(Cn1cnnn1)NCC(O)c1ccc2ccccc2c1. The Hall–Kier alpha value is -2.80. The first-order valence-electron chi connectivity index (χ1n) is 6.86. The molecule has 7 nitrogen and oxygen atoms in total. The molecule has 1 aromatic heterocycles. The van der Waals surface area contributed by atoms with E-state index in [1.165, 1.54) is 11.0 Å². The quantitative estimate of drug-likeness (QED) is 0.722. The van der Waals surface area contributed by atoms with Crippen molar-refractivity contribution >= 4 is 16.7 Å². The third kappa shape index (κ3) is 3.26. The molecule has 0 saturated carbocycles. The van der Waals surface area contributed by atoms with Crippen LogP contribution in [-0.4, -0.2) is 37.8 Å². The lowest BCUT2D eigenvalue weighted by atomic mass is 10.0. The number of amides is 1. The molecule has 0 aliphatic heterocycles. The summed E-state index contributed by atoms with van der Waals surface area (Å²) in [5, 5.41) is 25.5. The van der Waals surface area contributed by atoms with E-state index in [2.05, 4.69) is 20.8 Å². The van der Waals surface area contributed by atoms with Crippen LogP contribution in [0.5, 0.6) is 0 Å². The van der Waals surface area contributed by atoms with Crippen LogP contribution in [0.2, 0.25) is 0 Å². The van der Waals surface area contributed by atoms with Gasteiger partial charge < -0.3 is 10.4 Å². The molecule has 0 radical (unpaired) electrons. The topological polar surface area (TPSA) is 92.9 Å². The molecule has 0 fully saturated rings. The van der Waals surface area contributed by atoms with Gasteiger partial charge in [0.2, 0.25) is 5.91 Å². The fourth-order valence-electron chi connectivity index (χ4n) is 2.20. The molecule has 1 unspecified atom stereocenters. The van der Waals surface area contributed by atoms with Gasteiger partial charge in [-0.1, -0.05) is 36.4 Å². The molecule has 0 aliphatic carbocycles. The second-order valence-electron chi connectivity index (χ2n) is 4.93. The van der Waals surface area contributed by atoms with Crippen LogP contribution in [0.15, 0.2) is 48.8 Å². The van der Waals surface area contributed by atoms with Gasteiger partial charge in [0.1, 0.15) is 12.9 Å². The predicted octanol–water partition coefficient (Wildman–Crippen LogP) is 0.676. The summed E-state index contributed by atoms with van der Waals surface area (Å²) in [4.78, 5) is 11.7. The number of carbonyl (C=O) groups excluding carboxylic acids is 1. The lowest BCUT2D eigenvalue weighted by Gasteiger charge is -2.13. The van der Waals surface area contributed by atoms with Gasteiger partial charge in [0, 0.05) is 6.54 Å². The first-order valence-corrected chi connectivity index (χ1v) is 6.86. The van der Waals surface area contributed by atoms with E-state index in [4.69, 9.17) is 0 Å². The third-order valence-electron chi connectivity index (χ3n) is 3.35. The van der Waals surface area contributed by atoms with Gasteiger partial charge in [0.05, 0.1) is 6.10 Å². The van der Waals surface area contributed by atoms with Crippen LogP contribution in [0, 0.1) is 0 Å². The number of hydrogen-bond acceptors (Lipinski definition) is 5. The van der Waals surface area contributed by atoms with Gasteiger partial charge in [-0.2, -0.15) is 0 Å². The fourth-order valence-corrected chi connectivity index (χ4v) is 2.20. The molecule has 2 aromatic carbocycles. The fraction of sp³-hybridized carbons (Fsp3) is 0.200. The van der Waals surface area contributed by atoms with Gasteiger partial charge in [-0.3, -0.25) is 4.79 Å². The highest BCUT2D eigenvalue weighted by molar-refractivity contribution is 5.83. The molecule has 1 atom stereocenters. The molecule has 112 valence electrons. The highest BCUT2D eigenvalue weighted by atomic mass is 16.3. The molecular weight excluding hydrogens is 282 g/mol. The molecule has 1 heterocycles. The Morgan fingerprint density at radius 1 is 1.23 bits per heavy atom. The van der Waals surface area contributed by atoms with Crippen molar-refractivity contribution in [3.8, 4) is 0 Å². The van der Waals surface area contributed by atoms with E-state index in [1.807, 2.05) is 42.5 Å². The monoisotopic (exact) mass is 297 g/mol. The van der Waals surface area contributed by atoms with Crippen molar-refractivity contribution in [1.82, 2.24) is 25.5 Å². The summed E-state index contributed by atoms with van der Waals surface area (Å²) in [7, 11) is 0. The number of carbonyl (C=O) groups is 1. The highest BCUT2D eigenvalue weighted by Crippen LogP contribution is 2.19. The second kappa shape index (κ2) is 6.31. The molecule has 0 bridgehead atoms. The molecular formula is C15H15N5O2. The number of rotatable bonds is 5. The van der Waals surface area contributed by atoms with Crippen LogP contribution in [0.25, 0.3) is 10.8 Å². The van der Waals surface area contributed by atoms with Crippen molar-refractivity contribution in [2.45, 2.75) is 12.6 Å². The summed E-state index contributed by atoms with van der Waals surface area (Å²) in [5.74, 6) is -0.257. The molecule has 7 heteroatoms. The molecule has 3 rings (SSSR count). The zero-order valence-electron chi connectivity index (χ0n) is 11.8. The number of aromatic nitrogens is 4. The minimum Gasteiger partial charge on any atom is -0.387 e. The van der Waals surface area contributed by atoms with Crippen LogP contribution in [-0.2, 0) is 11.3 Å². The van der Waals surface area contributed by atoms with E-state index in [9.17, 15) is 9.90 Å². The van der Waals surface area contributed by atoms with Gasteiger partial charge in [-0.15, -0.1) is 5.10 Å². The van der Waals surface area contributed by atoms with E-state index < -0.39 is 6.10 Å². The Morgan fingerprint density at radius 3 is 2.82 bits per heavy atom. The Balaban J connectivity index is 1.60. The number of fused-ring (bicyclic) bond motifs is 1. The smallest absolute Gasteiger partial charge is 0.241 e. The average Bonchev–Trinajstić information content (AvgIpc) is 3.05. The third-order valence-corrected chi connectivity index (χ3v) is 3.35. The van der Waals surface area contributed by atoms with Crippen LogP contribution < -0.4 is 5.32 Å². The van der Waals surface area contributed by atoms with Crippen molar-refractivity contribution in [1.29, 1.82) is 0 Å². The summed E-state index contributed by atoms with van der Waals surface area (Å²) in [6.45, 7) is 0.163. The summed E-state index contributed by atoms with van der Waals surface area (Å²) < 4.78 is 1.32. The van der Waals surface area contributed by atoms with Gasteiger partial charge in [-0.05, 0) is 32.8 Å². The molecule has 0 aliphatic rings. The normalized spacial score (nSPS) is 12.2. The van der Waals surface area contributed by atoms with Crippen molar-refractivity contribution < 1.29 is 9.90 Å². The lowest BCUT2D eigenvalue weighted by molar-refractivity contribution is -0.122. The number of aliphatic hydroxyl groups excluding tert-OH is 1. The Morgan fingerprint density at radius 2 is 2.05 bits per heavy atom. The van der Waals surface area contributed by atoms with Crippen molar-refractivity contribution in [3.63, 3.8) is 0 Å². The summed E-state index contributed by atoms with van der Waals surface area (Å²) >= 11 is 0. The van der Waals surface area contributed by atoms with Crippen LogP contribution in [0.4, 0.5) is 0 Å². The van der Waals surface area contributed by atoms with E-state index in [1.54, 1.807) is 0 Å². The van der Waals surface area contributed by atoms with Crippen molar-refractivity contribution in [2.24, 2.45) is 0 Å². The average molecular weight is 297 g/mol. The lowest BCUT2D eigenvalue weighted by Crippen LogP contribution is -2.31. The minimum absolute atomic E-state index is 0.0252. The minimum atomic E-state index is -0.762. The van der Waals surface area contributed by atoms with Gasteiger partial charge >= 0.3 is 0 Å². The highest BCUT2D eigenvalue weighted by Gasteiger charge is 2.10. The van der Waals surface area contributed by atoms with Crippen molar-refractivity contribution in [2.75, 3.05) is 6.54 Å². The van der Waals surface area contributed by atoms with Crippen LogP contribution >= 0.6 is 0 Å². The number of tetrazole rings is 1. The summed E-state index contributed by atoms with van der Waals surface area (Å²) in [5.41, 5.74) is 0.765. The number of nitrogens with one attached hydrogen (secondary N) is 1. The van der Waals surface area contributed by atoms with Crippen LogP contribution in [0.1, 0.15) is 11.7 Å². The Bertz CT molecular complexity index is 772.